The highest BCUT2D eigenvalue weighted by atomic mass is 32.1. The molecule has 0 saturated carbocycles. The molecule has 0 unspecified atom stereocenters. The van der Waals surface area contributed by atoms with Crippen LogP contribution in [-0.2, 0) is 11.4 Å². The summed E-state index contributed by atoms with van der Waals surface area (Å²) in [5.41, 5.74) is 5.29. The number of ether oxygens (including phenoxy) is 2. The minimum Gasteiger partial charge on any atom is -0.489 e. The lowest BCUT2D eigenvalue weighted by molar-refractivity contribution is -0.137. The Hall–Kier alpha value is -3.82. The van der Waals surface area contributed by atoms with E-state index in [9.17, 15) is 4.79 Å². The van der Waals surface area contributed by atoms with Gasteiger partial charge in [-0.05, 0) is 60.2 Å². The zero-order valence-corrected chi connectivity index (χ0v) is 20.1. The fraction of sp³-hybridized carbons (Fsp3) is 0.214. The Morgan fingerprint density at radius 3 is 2.62 bits per heavy atom. The normalized spacial score (nSPS) is 11.5. The second-order valence-corrected chi connectivity index (χ2v) is 8.84. The molecule has 0 fully saturated rings. The Kier molecular flexibility index (Phi) is 7.15. The van der Waals surface area contributed by atoms with Gasteiger partial charge in [-0.15, -0.1) is 17.3 Å². The molecule has 2 aromatic heterocycles. The zero-order chi connectivity index (χ0) is 24.1. The van der Waals surface area contributed by atoms with Crippen LogP contribution in [0.2, 0.25) is 0 Å². The topological polar surface area (TPSA) is 68.7 Å². The number of hydrogen-bond acceptors (Lipinski definition) is 5. The van der Waals surface area contributed by atoms with E-state index in [1.165, 1.54) is 10.1 Å². The van der Waals surface area contributed by atoms with Gasteiger partial charge in [0.05, 0.1) is 19.4 Å². The van der Waals surface area contributed by atoms with Gasteiger partial charge < -0.3 is 14.6 Å². The van der Waals surface area contributed by atoms with Gasteiger partial charge in [0, 0.05) is 33.5 Å². The maximum atomic E-state index is 11.1. The van der Waals surface area contributed by atoms with Gasteiger partial charge in [0.2, 0.25) is 5.88 Å². The van der Waals surface area contributed by atoms with Crippen LogP contribution in [-0.4, -0.2) is 23.2 Å². The van der Waals surface area contributed by atoms with Crippen LogP contribution in [0.4, 0.5) is 0 Å². The molecule has 0 amide bonds. The van der Waals surface area contributed by atoms with E-state index in [0.29, 0.717) is 12.5 Å². The fourth-order valence-corrected chi connectivity index (χ4v) is 4.80. The van der Waals surface area contributed by atoms with Gasteiger partial charge in [-0.2, -0.15) is 0 Å². The summed E-state index contributed by atoms with van der Waals surface area (Å²) in [5.74, 6) is 5.93. The molecular formula is C28H25NO4S. The number of carbonyl (C=O) groups is 1. The summed E-state index contributed by atoms with van der Waals surface area (Å²) < 4.78 is 12.5. The number of rotatable bonds is 8. The minimum absolute atomic E-state index is 0.0206. The van der Waals surface area contributed by atoms with Gasteiger partial charge in [0.1, 0.15) is 12.4 Å². The van der Waals surface area contributed by atoms with Crippen molar-refractivity contribution in [2.45, 2.75) is 32.8 Å². The third-order valence-corrected chi connectivity index (χ3v) is 6.57. The highest BCUT2D eigenvalue weighted by molar-refractivity contribution is 7.17. The molecule has 5 nitrogen and oxygen atoms in total. The van der Waals surface area contributed by atoms with Crippen molar-refractivity contribution in [2.75, 3.05) is 7.11 Å². The van der Waals surface area contributed by atoms with Gasteiger partial charge in [-0.3, -0.25) is 4.79 Å². The second-order valence-electron chi connectivity index (χ2n) is 7.92. The quantitative estimate of drug-likeness (QED) is 0.300. The Morgan fingerprint density at radius 1 is 1.15 bits per heavy atom. The molecule has 2 heterocycles. The van der Waals surface area contributed by atoms with E-state index < -0.39 is 5.97 Å². The van der Waals surface area contributed by atoms with Gasteiger partial charge in [0.15, 0.2) is 0 Å². The van der Waals surface area contributed by atoms with Crippen molar-refractivity contribution in [2.24, 2.45) is 0 Å². The number of aromatic nitrogens is 1. The number of aliphatic carboxylic acids is 1. The number of hydrogen-bond donors (Lipinski definition) is 1. The predicted octanol–water partition coefficient (Wildman–Crippen LogP) is 6.44. The lowest BCUT2D eigenvalue weighted by Crippen LogP contribution is -2.04. The summed E-state index contributed by atoms with van der Waals surface area (Å²) in [6.45, 7) is 4.21. The maximum absolute atomic E-state index is 11.1. The average molecular weight is 472 g/mol. The molecule has 4 aromatic rings. The van der Waals surface area contributed by atoms with Crippen molar-refractivity contribution in [3.63, 3.8) is 0 Å². The molecule has 0 aliphatic heterocycles. The lowest BCUT2D eigenvalue weighted by atomic mass is 9.96. The van der Waals surface area contributed by atoms with E-state index in [4.69, 9.17) is 14.6 Å². The summed E-state index contributed by atoms with van der Waals surface area (Å²) in [6.07, 6.45) is 1.84. The zero-order valence-electron chi connectivity index (χ0n) is 19.3. The van der Waals surface area contributed by atoms with Crippen LogP contribution in [0.5, 0.6) is 11.6 Å². The standard InChI is InChI=1S/C28H25NO4S/c1-4-5-21(14-28(30)31)20-7-9-22(10-8-20)33-16-19-6-11-26-23(13-19)25(17-34-26)24-15-29-27(32-3)12-18(24)2/h6-13,15,17,21H,14,16H2,1-3H3,(H,30,31)/t21-/m0/s1. The molecule has 0 saturated heterocycles. The monoisotopic (exact) mass is 471 g/mol. The van der Waals surface area contributed by atoms with Gasteiger partial charge in [-0.25, -0.2) is 4.98 Å². The molecule has 0 aliphatic rings. The molecular weight excluding hydrogens is 446 g/mol. The molecule has 0 aliphatic carbocycles. The van der Waals surface area contributed by atoms with E-state index in [-0.39, 0.29) is 12.3 Å². The largest absolute Gasteiger partial charge is 0.489 e. The number of aryl methyl sites for hydroxylation is 1. The molecule has 172 valence electrons. The molecule has 4 rings (SSSR count). The van der Waals surface area contributed by atoms with Crippen LogP contribution >= 0.6 is 11.3 Å². The van der Waals surface area contributed by atoms with Crippen LogP contribution in [0.1, 0.15) is 36.0 Å². The van der Waals surface area contributed by atoms with E-state index in [1.54, 1.807) is 25.4 Å². The van der Waals surface area contributed by atoms with Crippen molar-refractivity contribution in [1.82, 2.24) is 4.98 Å². The van der Waals surface area contributed by atoms with E-state index in [0.717, 1.165) is 33.6 Å². The number of nitrogens with zero attached hydrogens (tertiary/aromatic N) is 1. The van der Waals surface area contributed by atoms with Gasteiger partial charge in [-0.1, -0.05) is 24.1 Å². The van der Waals surface area contributed by atoms with Crippen molar-refractivity contribution < 1.29 is 19.4 Å². The highest BCUT2D eigenvalue weighted by Gasteiger charge is 2.14. The molecule has 2 aromatic carbocycles. The van der Waals surface area contributed by atoms with E-state index >= 15 is 0 Å². The van der Waals surface area contributed by atoms with Crippen molar-refractivity contribution in [3.05, 3.63) is 76.8 Å². The first-order valence-electron chi connectivity index (χ1n) is 10.9. The predicted molar refractivity (Wildman–Crippen MR) is 136 cm³/mol. The van der Waals surface area contributed by atoms with Crippen molar-refractivity contribution in [3.8, 4) is 34.6 Å². The molecule has 1 atom stereocenters. The first kappa shape index (κ1) is 23.3. The number of pyridine rings is 1. The summed E-state index contributed by atoms with van der Waals surface area (Å²) >= 11 is 1.71. The highest BCUT2D eigenvalue weighted by Crippen LogP contribution is 2.36. The van der Waals surface area contributed by atoms with Crippen LogP contribution in [0.3, 0.4) is 0 Å². The van der Waals surface area contributed by atoms with Gasteiger partial charge in [0.25, 0.3) is 0 Å². The maximum Gasteiger partial charge on any atom is 0.304 e. The third-order valence-electron chi connectivity index (χ3n) is 5.61. The molecule has 6 heteroatoms. The van der Waals surface area contributed by atoms with Crippen LogP contribution in [0, 0.1) is 18.8 Å². The number of methoxy groups -OCH3 is 1. The smallest absolute Gasteiger partial charge is 0.304 e. The summed E-state index contributed by atoms with van der Waals surface area (Å²) in [7, 11) is 1.62. The van der Waals surface area contributed by atoms with Gasteiger partial charge >= 0.3 is 5.97 Å². The minimum atomic E-state index is -0.864. The number of fused-ring (bicyclic) bond motifs is 1. The fourth-order valence-electron chi connectivity index (χ4n) is 3.86. The molecule has 0 spiro atoms. The third kappa shape index (κ3) is 5.22. The molecule has 0 bridgehead atoms. The van der Waals surface area contributed by atoms with E-state index in [1.807, 2.05) is 36.5 Å². The Bertz CT molecular complexity index is 1380. The first-order valence-corrected chi connectivity index (χ1v) is 11.7. The van der Waals surface area contributed by atoms with Crippen LogP contribution in [0.15, 0.2) is 60.1 Å². The Balaban J connectivity index is 1.51. The number of benzene rings is 2. The lowest BCUT2D eigenvalue weighted by Gasteiger charge is -2.11. The molecule has 0 radical (unpaired) electrons. The molecule has 1 N–H and O–H groups in total. The number of carboxylic acids is 1. The summed E-state index contributed by atoms with van der Waals surface area (Å²) in [6, 6.07) is 15.8. The first-order chi connectivity index (χ1) is 16.5. The Morgan fingerprint density at radius 2 is 1.94 bits per heavy atom. The van der Waals surface area contributed by atoms with Crippen LogP contribution < -0.4 is 9.47 Å². The van der Waals surface area contributed by atoms with Crippen molar-refractivity contribution >= 4 is 27.4 Å². The second kappa shape index (κ2) is 10.4. The summed E-state index contributed by atoms with van der Waals surface area (Å²) in [5, 5.41) is 12.5. The number of thiophene rings is 1. The SMILES string of the molecule is CC#C[C@@H](CC(=O)O)c1ccc(OCc2ccc3scc(-c4cnc(OC)cc4C)c3c2)cc1. The molecule has 34 heavy (non-hydrogen) atoms. The van der Waals surface area contributed by atoms with Crippen LogP contribution in [0.25, 0.3) is 21.2 Å². The number of carboxylic acid groups (broad SMARTS) is 1. The van der Waals surface area contributed by atoms with Crippen molar-refractivity contribution in [1.29, 1.82) is 0 Å². The Labute approximate surface area is 203 Å². The van der Waals surface area contributed by atoms with E-state index in [2.05, 4.69) is 47.3 Å². The average Bonchev–Trinajstić information content (AvgIpc) is 3.25. The summed E-state index contributed by atoms with van der Waals surface area (Å²) in [4.78, 5) is 15.5.